The van der Waals surface area contributed by atoms with E-state index in [9.17, 15) is 18.3 Å². The van der Waals surface area contributed by atoms with Gasteiger partial charge in [-0.15, -0.1) is 0 Å². The molecule has 0 bridgehead atoms. The number of ether oxygens (including phenoxy) is 2. The Morgan fingerprint density at radius 2 is 0.970 bits per heavy atom. The third kappa shape index (κ3) is 20.3. The fourth-order valence-corrected chi connectivity index (χ4v) is 6.14. The Morgan fingerprint density at radius 1 is 0.606 bits per heavy atom. The lowest BCUT2D eigenvalue weighted by Crippen LogP contribution is -2.39. The molecule has 0 aromatic rings. The second kappa shape index (κ2) is 13.7. The van der Waals surface area contributed by atoms with Gasteiger partial charge in [-0.2, -0.15) is 0 Å². The van der Waals surface area contributed by atoms with E-state index in [4.69, 9.17) is 48.6 Å². The van der Waals surface area contributed by atoms with Crippen molar-refractivity contribution in [3.63, 3.8) is 0 Å². The maximum atomic E-state index is 11.2. The predicted octanol–water partition coefficient (Wildman–Crippen LogP) is -0.670. The monoisotopic (exact) mass is 566 g/mol. The molecule has 0 aromatic carbocycles. The lowest BCUT2D eigenvalue weighted by molar-refractivity contribution is -0.0488. The Labute approximate surface area is 191 Å². The molecule has 0 aliphatic rings. The topological polar surface area (TPSA) is 255 Å². The summed E-state index contributed by atoms with van der Waals surface area (Å²) >= 11 is 0. The van der Waals surface area contributed by atoms with E-state index in [1.165, 1.54) is 13.8 Å². The first kappa shape index (κ1) is 33.4. The van der Waals surface area contributed by atoms with Gasteiger partial charge in [-0.1, -0.05) is 0 Å². The Bertz CT molecular complexity index is 727. The Kier molecular flexibility index (Phi) is 13.8. The largest absolute Gasteiger partial charge is 0.374 e. The first-order chi connectivity index (χ1) is 14.6. The molecule has 0 aliphatic carbocycles. The first-order valence-corrected chi connectivity index (χ1v) is 16.6. The standard InChI is InChI=1S/C13H34N2O14P4/c1-11(15(9-32(22,23)24)10-33(25,26)27)5-28-13(3)6-29-12(2)4-14(7-30(16,17)18)8-31(19,20)21/h11-13H,4-10H2,1-3H3,(H2,16,17,18)(H2,19,20,21)(H2,22,23,24)(H2,25,26,27). The van der Waals surface area contributed by atoms with Crippen molar-refractivity contribution in [3.8, 4) is 0 Å². The second-order valence-electron chi connectivity index (χ2n) is 7.80. The minimum atomic E-state index is -4.59. The molecule has 0 aliphatic heterocycles. The van der Waals surface area contributed by atoms with Crippen LogP contribution in [0.2, 0.25) is 0 Å². The minimum Gasteiger partial charge on any atom is -0.374 e. The van der Waals surface area contributed by atoms with E-state index in [1.807, 2.05) is 0 Å². The van der Waals surface area contributed by atoms with Crippen molar-refractivity contribution in [1.29, 1.82) is 0 Å². The van der Waals surface area contributed by atoms with Crippen LogP contribution in [0.15, 0.2) is 0 Å². The SMILES string of the molecule is CC(COC(C)CN(CP(=O)(O)O)CP(=O)(O)O)OCC(C)N(CP(=O)(O)O)CP(=O)(O)O. The summed E-state index contributed by atoms with van der Waals surface area (Å²) in [6.45, 7) is 4.16. The Hall–Kier alpha value is 0.440. The molecular weight excluding hydrogens is 532 g/mol. The van der Waals surface area contributed by atoms with Crippen LogP contribution in [0.3, 0.4) is 0 Å². The molecule has 0 aromatic heterocycles. The van der Waals surface area contributed by atoms with Crippen molar-refractivity contribution < 1.29 is 66.9 Å². The lowest BCUT2D eigenvalue weighted by atomic mass is 10.3. The summed E-state index contributed by atoms with van der Waals surface area (Å²) in [4.78, 5) is 74.6. The molecular formula is C13H34N2O14P4. The van der Waals surface area contributed by atoms with Crippen LogP contribution in [-0.2, 0) is 27.7 Å². The van der Waals surface area contributed by atoms with Gasteiger partial charge in [0.25, 0.3) is 0 Å². The van der Waals surface area contributed by atoms with Gasteiger partial charge in [-0.3, -0.25) is 28.1 Å². The summed E-state index contributed by atoms with van der Waals surface area (Å²) in [7, 11) is -18.3. The summed E-state index contributed by atoms with van der Waals surface area (Å²) < 4.78 is 55.8. The van der Waals surface area contributed by atoms with Gasteiger partial charge in [0.1, 0.15) is 25.1 Å². The summed E-state index contributed by atoms with van der Waals surface area (Å²) in [6, 6.07) is -0.771. The molecule has 20 heteroatoms. The van der Waals surface area contributed by atoms with Crippen molar-refractivity contribution in [3.05, 3.63) is 0 Å². The first-order valence-electron chi connectivity index (χ1n) is 9.44. The zero-order chi connectivity index (χ0) is 26.3. The molecule has 0 fully saturated rings. The van der Waals surface area contributed by atoms with E-state index in [1.54, 1.807) is 6.92 Å². The molecule has 0 radical (unpaired) electrons. The molecule has 0 spiro atoms. The van der Waals surface area contributed by atoms with Crippen LogP contribution in [0.1, 0.15) is 20.8 Å². The van der Waals surface area contributed by atoms with Crippen LogP contribution in [0.5, 0.6) is 0 Å². The molecule has 0 amide bonds. The van der Waals surface area contributed by atoms with E-state index in [0.717, 1.165) is 9.80 Å². The highest BCUT2D eigenvalue weighted by molar-refractivity contribution is 7.53. The van der Waals surface area contributed by atoms with E-state index in [2.05, 4.69) is 0 Å². The summed E-state index contributed by atoms with van der Waals surface area (Å²) in [5.74, 6) is 0. The van der Waals surface area contributed by atoms with Crippen molar-refractivity contribution in [2.75, 3.05) is 44.9 Å². The normalized spacial score (nSPS) is 16.9. The maximum absolute atomic E-state index is 11.2. The number of rotatable bonds is 17. The average Bonchev–Trinajstić information content (AvgIpc) is 2.51. The summed E-state index contributed by atoms with van der Waals surface area (Å²) in [5, 5.41) is 0. The zero-order valence-corrected chi connectivity index (χ0v) is 22.0. The van der Waals surface area contributed by atoms with Crippen LogP contribution < -0.4 is 0 Å². The minimum absolute atomic E-state index is 0.0511. The number of hydrogen-bond donors (Lipinski definition) is 8. The summed E-state index contributed by atoms with van der Waals surface area (Å²) in [5.41, 5.74) is 0. The molecule has 3 atom stereocenters. The zero-order valence-electron chi connectivity index (χ0n) is 18.4. The molecule has 8 N–H and O–H groups in total. The van der Waals surface area contributed by atoms with Crippen LogP contribution in [0.4, 0.5) is 0 Å². The van der Waals surface area contributed by atoms with E-state index >= 15 is 0 Å². The van der Waals surface area contributed by atoms with Crippen LogP contribution in [-0.4, -0.2) is 112 Å². The van der Waals surface area contributed by atoms with Gasteiger partial charge in [-0.05, 0) is 20.8 Å². The van der Waals surface area contributed by atoms with Gasteiger partial charge >= 0.3 is 30.4 Å². The van der Waals surface area contributed by atoms with Gasteiger partial charge in [0.15, 0.2) is 0 Å². The fraction of sp³-hybridized carbons (Fsp3) is 1.00. The smallest absolute Gasteiger partial charge is 0.339 e. The van der Waals surface area contributed by atoms with Crippen molar-refractivity contribution >= 4 is 30.4 Å². The second-order valence-corrected chi connectivity index (χ2v) is 14.3. The van der Waals surface area contributed by atoms with Gasteiger partial charge in [0, 0.05) is 12.6 Å². The number of nitrogens with zero attached hydrogens (tertiary/aromatic N) is 2. The molecule has 16 nitrogen and oxygen atoms in total. The Morgan fingerprint density at radius 3 is 1.33 bits per heavy atom. The molecule has 200 valence electrons. The van der Waals surface area contributed by atoms with E-state index in [-0.39, 0.29) is 19.8 Å². The molecule has 33 heavy (non-hydrogen) atoms. The Balaban J connectivity index is 4.76. The van der Waals surface area contributed by atoms with Crippen molar-refractivity contribution in [2.24, 2.45) is 0 Å². The predicted molar refractivity (Wildman–Crippen MR) is 116 cm³/mol. The van der Waals surface area contributed by atoms with E-state index < -0.39 is 73.8 Å². The molecule has 0 heterocycles. The number of hydrogen-bond acceptors (Lipinski definition) is 8. The van der Waals surface area contributed by atoms with Gasteiger partial charge in [0.2, 0.25) is 0 Å². The highest BCUT2D eigenvalue weighted by Gasteiger charge is 2.30. The fourth-order valence-electron chi connectivity index (χ4n) is 2.65. The van der Waals surface area contributed by atoms with Gasteiger partial charge in [-0.25, -0.2) is 0 Å². The molecule has 0 saturated carbocycles. The van der Waals surface area contributed by atoms with Crippen LogP contribution in [0.25, 0.3) is 0 Å². The van der Waals surface area contributed by atoms with Crippen LogP contribution in [0, 0.1) is 0 Å². The van der Waals surface area contributed by atoms with Gasteiger partial charge < -0.3 is 48.6 Å². The van der Waals surface area contributed by atoms with Crippen molar-refractivity contribution in [1.82, 2.24) is 9.80 Å². The molecule has 0 rings (SSSR count). The highest BCUT2D eigenvalue weighted by atomic mass is 31.2. The lowest BCUT2D eigenvalue weighted by Gasteiger charge is -2.30. The van der Waals surface area contributed by atoms with Gasteiger partial charge in [0.05, 0.1) is 25.4 Å². The third-order valence-electron chi connectivity index (χ3n) is 3.88. The summed E-state index contributed by atoms with van der Waals surface area (Å²) in [6.07, 6.45) is -4.79. The average molecular weight is 566 g/mol. The maximum Gasteiger partial charge on any atom is 0.339 e. The van der Waals surface area contributed by atoms with E-state index in [0.29, 0.717) is 0 Å². The molecule has 0 saturated heterocycles. The van der Waals surface area contributed by atoms with Crippen LogP contribution >= 0.6 is 30.4 Å². The highest BCUT2D eigenvalue weighted by Crippen LogP contribution is 2.42. The van der Waals surface area contributed by atoms with Crippen molar-refractivity contribution in [2.45, 2.75) is 39.0 Å². The molecule has 3 unspecified atom stereocenters. The third-order valence-corrected chi connectivity index (χ3v) is 6.88. The quantitative estimate of drug-likeness (QED) is 0.102.